The van der Waals surface area contributed by atoms with Crippen LogP contribution in [0.4, 0.5) is 0 Å². The number of benzene rings is 1. The van der Waals surface area contributed by atoms with Gasteiger partial charge in [-0.3, -0.25) is 4.79 Å². The lowest BCUT2D eigenvalue weighted by Gasteiger charge is -2.36. The highest BCUT2D eigenvalue weighted by Crippen LogP contribution is 2.39. The summed E-state index contributed by atoms with van der Waals surface area (Å²) < 4.78 is 9.52. The van der Waals surface area contributed by atoms with E-state index in [0.717, 1.165) is 10.6 Å². The SMILES string of the molecule is CCOc1ccc(SC2(C(=O)O)COC2)cc1. The number of rotatable bonds is 5. The standard InChI is InChI=1S/C12H14O4S/c1-2-16-9-3-5-10(6-4-9)17-12(11(13)14)7-15-8-12/h3-6H,2,7-8H2,1H3,(H,13,14). The summed E-state index contributed by atoms with van der Waals surface area (Å²) in [6, 6.07) is 7.44. The predicted molar refractivity (Wildman–Crippen MR) is 64.7 cm³/mol. The van der Waals surface area contributed by atoms with Crippen LogP contribution in [0.2, 0.25) is 0 Å². The maximum Gasteiger partial charge on any atom is 0.324 e. The summed E-state index contributed by atoms with van der Waals surface area (Å²) in [6.07, 6.45) is 0. The van der Waals surface area contributed by atoms with Gasteiger partial charge in [0.15, 0.2) is 4.75 Å². The lowest BCUT2D eigenvalue weighted by Crippen LogP contribution is -2.53. The Labute approximate surface area is 104 Å². The molecule has 1 heterocycles. The van der Waals surface area contributed by atoms with E-state index in [9.17, 15) is 4.79 Å². The number of carbonyl (C=O) groups is 1. The van der Waals surface area contributed by atoms with Gasteiger partial charge < -0.3 is 14.6 Å². The minimum absolute atomic E-state index is 0.264. The van der Waals surface area contributed by atoms with E-state index in [1.807, 2.05) is 31.2 Å². The summed E-state index contributed by atoms with van der Waals surface area (Å²) in [4.78, 5) is 12.1. The predicted octanol–water partition coefficient (Wildman–Crippen LogP) is 2.03. The molecule has 0 amide bonds. The minimum atomic E-state index is -0.817. The molecule has 5 heteroatoms. The fourth-order valence-corrected chi connectivity index (χ4v) is 2.60. The highest BCUT2D eigenvalue weighted by Gasteiger charge is 2.47. The minimum Gasteiger partial charge on any atom is -0.494 e. The van der Waals surface area contributed by atoms with Gasteiger partial charge in [-0.15, -0.1) is 11.8 Å². The van der Waals surface area contributed by atoms with Gasteiger partial charge in [-0.25, -0.2) is 0 Å². The second kappa shape index (κ2) is 4.98. The summed E-state index contributed by atoms with van der Waals surface area (Å²) in [6.45, 7) is 3.08. The molecule has 4 nitrogen and oxygen atoms in total. The Balaban J connectivity index is 2.05. The fraction of sp³-hybridized carbons (Fsp3) is 0.417. The molecule has 0 atom stereocenters. The van der Waals surface area contributed by atoms with Crippen molar-refractivity contribution in [3.8, 4) is 5.75 Å². The molecule has 1 saturated heterocycles. The van der Waals surface area contributed by atoms with Crippen molar-refractivity contribution in [3.63, 3.8) is 0 Å². The number of hydrogen-bond donors (Lipinski definition) is 1. The third-order valence-corrected chi connectivity index (χ3v) is 3.82. The van der Waals surface area contributed by atoms with Crippen molar-refractivity contribution in [3.05, 3.63) is 24.3 Å². The molecule has 2 rings (SSSR count). The van der Waals surface area contributed by atoms with E-state index < -0.39 is 10.7 Å². The number of thioether (sulfide) groups is 1. The first-order valence-corrected chi connectivity index (χ1v) is 6.21. The molecular formula is C12H14O4S. The van der Waals surface area contributed by atoms with Crippen molar-refractivity contribution < 1.29 is 19.4 Å². The summed E-state index contributed by atoms with van der Waals surface area (Å²) in [5.74, 6) is -0.0197. The van der Waals surface area contributed by atoms with Crippen molar-refractivity contribution in [2.45, 2.75) is 16.6 Å². The van der Waals surface area contributed by atoms with Crippen LogP contribution in [0.3, 0.4) is 0 Å². The van der Waals surface area contributed by atoms with Gasteiger partial charge in [-0.1, -0.05) is 0 Å². The molecule has 1 aromatic rings. The zero-order valence-electron chi connectivity index (χ0n) is 9.51. The zero-order chi connectivity index (χ0) is 12.3. The van der Waals surface area contributed by atoms with E-state index in [0.29, 0.717) is 6.61 Å². The molecule has 1 N–H and O–H groups in total. The normalized spacial score (nSPS) is 17.2. The maximum atomic E-state index is 11.2. The molecule has 1 fully saturated rings. The van der Waals surface area contributed by atoms with Crippen LogP contribution in [0.15, 0.2) is 29.2 Å². The van der Waals surface area contributed by atoms with Gasteiger partial charge in [-0.05, 0) is 31.2 Å². The Morgan fingerprint density at radius 1 is 1.47 bits per heavy atom. The first-order valence-electron chi connectivity index (χ1n) is 5.39. The van der Waals surface area contributed by atoms with E-state index in [2.05, 4.69) is 0 Å². The summed E-state index contributed by atoms with van der Waals surface area (Å²) in [5, 5.41) is 9.16. The van der Waals surface area contributed by atoms with Crippen LogP contribution < -0.4 is 4.74 Å². The van der Waals surface area contributed by atoms with Gasteiger partial charge in [0.2, 0.25) is 0 Å². The molecule has 1 aliphatic heterocycles. The van der Waals surface area contributed by atoms with Crippen LogP contribution in [0.1, 0.15) is 6.92 Å². The van der Waals surface area contributed by atoms with E-state index >= 15 is 0 Å². The average Bonchev–Trinajstić information content (AvgIpc) is 2.25. The van der Waals surface area contributed by atoms with Crippen LogP contribution in [-0.2, 0) is 9.53 Å². The molecule has 0 unspecified atom stereocenters. The Morgan fingerprint density at radius 3 is 2.53 bits per heavy atom. The first-order chi connectivity index (χ1) is 8.16. The van der Waals surface area contributed by atoms with Crippen molar-refractivity contribution in [1.82, 2.24) is 0 Å². The molecule has 0 spiro atoms. The number of carboxylic acids is 1. The Hall–Kier alpha value is -1.20. The largest absolute Gasteiger partial charge is 0.494 e. The Morgan fingerprint density at radius 2 is 2.12 bits per heavy atom. The number of carboxylic acid groups (broad SMARTS) is 1. The Kier molecular flexibility index (Phi) is 3.59. The fourth-order valence-electron chi connectivity index (χ4n) is 1.51. The molecule has 1 aromatic carbocycles. The lowest BCUT2D eigenvalue weighted by atomic mass is 10.1. The second-order valence-electron chi connectivity index (χ2n) is 3.80. The molecule has 0 bridgehead atoms. The Bertz CT molecular complexity index is 397. The van der Waals surface area contributed by atoms with E-state index in [4.69, 9.17) is 14.6 Å². The van der Waals surface area contributed by atoms with Crippen molar-refractivity contribution in [2.75, 3.05) is 19.8 Å². The monoisotopic (exact) mass is 254 g/mol. The van der Waals surface area contributed by atoms with E-state index in [1.165, 1.54) is 11.8 Å². The van der Waals surface area contributed by atoms with Gasteiger partial charge in [0, 0.05) is 4.90 Å². The van der Waals surface area contributed by atoms with Crippen molar-refractivity contribution in [2.24, 2.45) is 0 Å². The zero-order valence-corrected chi connectivity index (χ0v) is 10.3. The topological polar surface area (TPSA) is 55.8 Å². The van der Waals surface area contributed by atoms with Crippen LogP contribution in [0, 0.1) is 0 Å². The molecule has 0 aromatic heterocycles. The molecule has 0 saturated carbocycles. The molecule has 0 radical (unpaired) electrons. The van der Waals surface area contributed by atoms with Crippen LogP contribution in [0.5, 0.6) is 5.75 Å². The summed E-state index contributed by atoms with van der Waals surface area (Å²) in [7, 11) is 0. The highest BCUT2D eigenvalue weighted by molar-refractivity contribution is 8.01. The quantitative estimate of drug-likeness (QED) is 0.871. The van der Waals surface area contributed by atoms with Gasteiger partial charge in [0.25, 0.3) is 0 Å². The number of hydrogen-bond acceptors (Lipinski definition) is 4. The van der Waals surface area contributed by atoms with Gasteiger partial charge in [-0.2, -0.15) is 0 Å². The van der Waals surface area contributed by atoms with Crippen molar-refractivity contribution >= 4 is 17.7 Å². The number of aliphatic carboxylic acids is 1. The third kappa shape index (κ3) is 2.56. The summed E-state index contributed by atoms with van der Waals surface area (Å²) >= 11 is 1.33. The first kappa shape index (κ1) is 12.3. The molecular weight excluding hydrogens is 240 g/mol. The molecule has 92 valence electrons. The van der Waals surface area contributed by atoms with E-state index in [-0.39, 0.29) is 13.2 Å². The van der Waals surface area contributed by atoms with Gasteiger partial charge in [0.05, 0.1) is 19.8 Å². The average molecular weight is 254 g/mol. The van der Waals surface area contributed by atoms with Gasteiger partial charge >= 0.3 is 5.97 Å². The smallest absolute Gasteiger partial charge is 0.324 e. The lowest BCUT2D eigenvalue weighted by molar-refractivity contribution is -0.151. The van der Waals surface area contributed by atoms with Gasteiger partial charge in [0.1, 0.15) is 5.75 Å². The molecule has 0 aliphatic carbocycles. The van der Waals surface area contributed by atoms with E-state index in [1.54, 1.807) is 0 Å². The summed E-state index contributed by atoms with van der Waals surface area (Å²) in [5.41, 5.74) is 0. The number of ether oxygens (including phenoxy) is 2. The van der Waals surface area contributed by atoms with Crippen LogP contribution >= 0.6 is 11.8 Å². The van der Waals surface area contributed by atoms with Crippen LogP contribution in [0.25, 0.3) is 0 Å². The third-order valence-electron chi connectivity index (χ3n) is 2.51. The van der Waals surface area contributed by atoms with Crippen LogP contribution in [-0.4, -0.2) is 35.6 Å². The maximum absolute atomic E-state index is 11.2. The molecule has 17 heavy (non-hydrogen) atoms. The molecule has 1 aliphatic rings. The van der Waals surface area contributed by atoms with Crippen molar-refractivity contribution in [1.29, 1.82) is 0 Å². The highest BCUT2D eigenvalue weighted by atomic mass is 32.2. The second-order valence-corrected chi connectivity index (χ2v) is 5.26.